The van der Waals surface area contributed by atoms with E-state index in [2.05, 4.69) is 15.0 Å². The Kier molecular flexibility index (Phi) is 3.91. The van der Waals surface area contributed by atoms with Crippen LogP contribution in [0.25, 0.3) is 11.4 Å². The number of hydrogen-bond donors (Lipinski definition) is 1. The molecule has 0 bridgehead atoms. The summed E-state index contributed by atoms with van der Waals surface area (Å²) in [7, 11) is 3.20. The number of aromatic nitrogens is 3. The third-order valence-electron chi connectivity index (χ3n) is 2.63. The Hall–Kier alpha value is -2.21. The van der Waals surface area contributed by atoms with Crippen LogP contribution in [0.5, 0.6) is 11.5 Å². The van der Waals surface area contributed by atoms with E-state index in [1.165, 1.54) is 0 Å². The van der Waals surface area contributed by atoms with Crippen molar-refractivity contribution < 1.29 is 9.47 Å². The van der Waals surface area contributed by atoms with Crippen molar-refractivity contribution in [3.8, 4) is 22.9 Å². The molecule has 2 rings (SSSR count). The second-order valence-corrected chi connectivity index (χ2v) is 3.89. The first-order valence-corrected chi connectivity index (χ1v) is 5.82. The maximum absolute atomic E-state index is 5.58. The smallest absolute Gasteiger partial charge is 0.167 e. The first-order chi connectivity index (χ1) is 9.17. The number of nitrogens with zero attached hydrogens (tertiary/aromatic N) is 3. The Labute approximate surface area is 111 Å². The van der Waals surface area contributed by atoms with Crippen LogP contribution in [0.15, 0.2) is 18.2 Å². The van der Waals surface area contributed by atoms with Crippen LogP contribution in [0.1, 0.15) is 11.6 Å². The maximum atomic E-state index is 5.58. The van der Waals surface area contributed by atoms with Crippen LogP contribution in [0.2, 0.25) is 0 Å². The molecular formula is C13H16N4O2. The summed E-state index contributed by atoms with van der Waals surface area (Å²) in [5.74, 6) is 3.09. The number of ether oxygens (including phenoxy) is 2. The van der Waals surface area contributed by atoms with Crippen molar-refractivity contribution in [3.05, 3.63) is 29.8 Å². The SMILES string of the molecule is COc1ccc(-c2nc(C)nc(CN)n2)c(OC)c1. The second-order valence-electron chi connectivity index (χ2n) is 3.89. The molecule has 0 amide bonds. The van der Waals surface area contributed by atoms with Gasteiger partial charge in [-0.1, -0.05) is 0 Å². The third-order valence-corrected chi connectivity index (χ3v) is 2.63. The fraction of sp³-hybridized carbons (Fsp3) is 0.308. The molecule has 2 N–H and O–H groups in total. The minimum atomic E-state index is 0.273. The summed E-state index contributed by atoms with van der Waals surface area (Å²) in [5.41, 5.74) is 6.36. The summed E-state index contributed by atoms with van der Waals surface area (Å²) in [5, 5.41) is 0. The van der Waals surface area contributed by atoms with Gasteiger partial charge in [-0.25, -0.2) is 15.0 Å². The van der Waals surface area contributed by atoms with Crippen molar-refractivity contribution in [2.45, 2.75) is 13.5 Å². The van der Waals surface area contributed by atoms with E-state index in [1.807, 2.05) is 12.1 Å². The van der Waals surface area contributed by atoms with E-state index >= 15 is 0 Å². The predicted molar refractivity (Wildman–Crippen MR) is 71.0 cm³/mol. The number of nitrogens with two attached hydrogens (primary N) is 1. The summed E-state index contributed by atoms with van der Waals surface area (Å²) in [6, 6.07) is 5.47. The zero-order chi connectivity index (χ0) is 13.8. The molecule has 1 heterocycles. The van der Waals surface area contributed by atoms with Crippen molar-refractivity contribution in [2.24, 2.45) is 5.73 Å². The van der Waals surface area contributed by atoms with Crippen LogP contribution in [-0.4, -0.2) is 29.2 Å². The average molecular weight is 260 g/mol. The van der Waals surface area contributed by atoms with E-state index in [0.29, 0.717) is 29.0 Å². The van der Waals surface area contributed by atoms with E-state index < -0.39 is 0 Å². The number of rotatable bonds is 4. The molecule has 2 aromatic rings. The predicted octanol–water partition coefficient (Wildman–Crippen LogP) is 1.32. The van der Waals surface area contributed by atoms with E-state index in [1.54, 1.807) is 27.2 Å². The highest BCUT2D eigenvalue weighted by atomic mass is 16.5. The van der Waals surface area contributed by atoms with Crippen LogP contribution in [0.3, 0.4) is 0 Å². The zero-order valence-corrected chi connectivity index (χ0v) is 11.2. The van der Waals surface area contributed by atoms with Gasteiger partial charge in [0, 0.05) is 6.07 Å². The van der Waals surface area contributed by atoms with Gasteiger partial charge in [0.25, 0.3) is 0 Å². The summed E-state index contributed by atoms with van der Waals surface area (Å²) < 4.78 is 10.5. The van der Waals surface area contributed by atoms with Gasteiger partial charge >= 0.3 is 0 Å². The molecule has 0 fully saturated rings. The first-order valence-electron chi connectivity index (χ1n) is 5.82. The molecule has 1 aromatic heterocycles. The zero-order valence-electron chi connectivity index (χ0n) is 11.2. The van der Waals surface area contributed by atoms with Crippen molar-refractivity contribution in [1.29, 1.82) is 0 Å². The van der Waals surface area contributed by atoms with Crippen molar-refractivity contribution in [3.63, 3.8) is 0 Å². The first kappa shape index (κ1) is 13.2. The molecule has 6 nitrogen and oxygen atoms in total. The summed E-state index contributed by atoms with van der Waals surface area (Å²) in [6.07, 6.45) is 0. The molecule has 0 aliphatic carbocycles. The largest absolute Gasteiger partial charge is 0.497 e. The molecule has 0 aliphatic rings. The van der Waals surface area contributed by atoms with Gasteiger partial charge in [0.2, 0.25) is 0 Å². The molecule has 6 heteroatoms. The van der Waals surface area contributed by atoms with Gasteiger partial charge in [-0.05, 0) is 19.1 Å². The molecule has 0 atom stereocenters. The Balaban J connectivity index is 2.54. The highest BCUT2D eigenvalue weighted by Gasteiger charge is 2.12. The van der Waals surface area contributed by atoms with Gasteiger partial charge in [0.05, 0.1) is 26.3 Å². The molecule has 0 spiro atoms. The van der Waals surface area contributed by atoms with Crippen molar-refractivity contribution >= 4 is 0 Å². The lowest BCUT2D eigenvalue weighted by atomic mass is 10.1. The van der Waals surface area contributed by atoms with E-state index in [0.717, 1.165) is 5.56 Å². The summed E-state index contributed by atoms with van der Waals surface area (Å²) >= 11 is 0. The molecule has 0 saturated carbocycles. The fourth-order valence-corrected chi connectivity index (χ4v) is 1.73. The lowest BCUT2D eigenvalue weighted by Crippen LogP contribution is -2.07. The minimum absolute atomic E-state index is 0.273. The number of methoxy groups -OCH3 is 2. The topological polar surface area (TPSA) is 83.2 Å². The molecule has 0 radical (unpaired) electrons. The van der Waals surface area contributed by atoms with Crippen molar-refractivity contribution in [1.82, 2.24) is 15.0 Å². The van der Waals surface area contributed by atoms with Gasteiger partial charge in [0.1, 0.15) is 23.1 Å². The maximum Gasteiger partial charge on any atom is 0.167 e. The highest BCUT2D eigenvalue weighted by Crippen LogP contribution is 2.31. The third kappa shape index (κ3) is 2.79. The van der Waals surface area contributed by atoms with Crippen molar-refractivity contribution in [2.75, 3.05) is 14.2 Å². The Bertz CT molecular complexity index is 587. The van der Waals surface area contributed by atoms with E-state index in [-0.39, 0.29) is 6.54 Å². The number of hydrogen-bond acceptors (Lipinski definition) is 6. The second kappa shape index (κ2) is 5.62. The monoisotopic (exact) mass is 260 g/mol. The molecule has 1 aromatic carbocycles. The van der Waals surface area contributed by atoms with Gasteiger partial charge in [-0.15, -0.1) is 0 Å². The Morgan fingerprint density at radius 3 is 2.53 bits per heavy atom. The van der Waals surface area contributed by atoms with Crippen LogP contribution in [0, 0.1) is 6.92 Å². The van der Waals surface area contributed by atoms with E-state index in [9.17, 15) is 0 Å². The van der Waals surface area contributed by atoms with Crippen LogP contribution >= 0.6 is 0 Å². The number of benzene rings is 1. The standard InChI is InChI=1S/C13H16N4O2/c1-8-15-12(7-14)17-13(16-8)10-5-4-9(18-2)6-11(10)19-3/h4-6H,7,14H2,1-3H3. The molecule has 0 unspecified atom stereocenters. The lowest BCUT2D eigenvalue weighted by molar-refractivity contribution is 0.395. The highest BCUT2D eigenvalue weighted by molar-refractivity contribution is 5.65. The minimum Gasteiger partial charge on any atom is -0.497 e. The van der Waals surface area contributed by atoms with Gasteiger partial charge in [-0.3, -0.25) is 0 Å². The normalized spacial score (nSPS) is 10.3. The molecule has 0 saturated heterocycles. The quantitative estimate of drug-likeness (QED) is 0.892. The summed E-state index contributed by atoms with van der Waals surface area (Å²) in [4.78, 5) is 12.8. The van der Waals surface area contributed by atoms with Crippen LogP contribution < -0.4 is 15.2 Å². The molecule has 100 valence electrons. The van der Waals surface area contributed by atoms with Crippen LogP contribution in [0.4, 0.5) is 0 Å². The lowest BCUT2D eigenvalue weighted by Gasteiger charge is -2.10. The van der Waals surface area contributed by atoms with E-state index in [4.69, 9.17) is 15.2 Å². The number of aryl methyl sites for hydroxylation is 1. The molecule has 0 aliphatic heterocycles. The van der Waals surface area contributed by atoms with Gasteiger partial charge < -0.3 is 15.2 Å². The average Bonchev–Trinajstić information content (AvgIpc) is 2.45. The van der Waals surface area contributed by atoms with Gasteiger partial charge in [0.15, 0.2) is 5.82 Å². The fourth-order valence-electron chi connectivity index (χ4n) is 1.73. The molecular weight excluding hydrogens is 244 g/mol. The van der Waals surface area contributed by atoms with Gasteiger partial charge in [-0.2, -0.15) is 0 Å². The Morgan fingerprint density at radius 1 is 1.11 bits per heavy atom. The summed E-state index contributed by atoms with van der Waals surface area (Å²) in [6.45, 7) is 2.08. The molecule has 19 heavy (non-hydrogen) atoms. The van der Waals surface area contributed by atoms with Crippen LogP contribution in [-0.2, 0) is 6.54 Å². The Morgan fingerprint density at radius 2 is 1.89 bits per heavy atom.